The Morgan fingerprint density at radius 1 is 1.47 bits per heavy atom. The Labute approximate surface area is 92.9 Å². The number of nitrogens with one attached hydrogen (secondary N) is 1. The second-order valence-electron chi connectivity index (χ2n) is 5.02. The fourth-order valence-corrected chi connectivity index (χ4v) is 1.85. The second-order valence-corrected chi connectivity index (χ2v) is 5.02. The molecule has 3 heteroatoms. The van der Waals surface area contributed by atoms with Crippen LogP contribution in [0.15, 0.2) is 6.07 Å². The summed E-state index contributed by atoms with van der Waals surface area (Å²) in [7, 11) is 2.02. The molecule has 0 saturated heterocycles. The first kappa shape index (κ1) is 12.2. The normalized spacial score (nSPS) is 12.1. The van der Waals surface area contributed by atoms with Crippen molar-refractivity contribution < 1.29 is 0 Å². The predicted octanol–water partition coefficient (Wildman–Crippen LogP) is 1.91. The van der Waals surface area contributed by atoms with E-state index in [4.69, 9.17) is 0 Å². The zero-order chi connectivity index (χ0) is 11.5. The van der Waals surface area contributed by atoms with Crippen molar-refractivity contribution in [2.75, 3.05) is 13.1 Å². The summed E-state index contributed by atoms with van der Waals surface area (Å²) in [6, 6.07) is 2.17. The fraction of sp³-hybridized carbons (Fsp3) is 0.750. The molecule has 0 amide bonds. The summed E-state index contributed by atoms with van der Waals surface area (Å²) in [6.45, 7) is 10.8. The Bertz CT molecular complexity index is 313. The highest BCUT2D eigenvalue weighted by Crippen LogP contribution is 2.20. The average molecular weight is 209 g/mol. The van der Waals surface area contributed by atoms with E-state index in [1.54, 1.807) is 0 Å². The lowest BCUT2D eigenvalue weighted by Crippen LogP contribution is -2.31. The van der Waals surface area contributed by atoms with Gasteiger partial charge in [0, 0.05) is 19.3 Å². The highest BCUT2D eigenvalue weighted by Gasteiger charge is 2.19. The Morgan fingerprint density at radius 2 is 2.13 bits per heavy atom. The van der Waals surface area contributed by atoms with Gasteiger partial charge >= 0.3 is 0 Å². The van der Waals surface area contributed by atoms with Crippen molar-refractivity contribution in [1.29, 1.82) is 0 Å². The van der Waals surface area contributed by atoms with Gasteiger partial charge < -0.3 is 5.32 Å². The first-order valence-corrected chi connectivity index (χ1v) is 5.65. The Morgan fingerprint density at radius 3 is 2.60 bits per heavy atom. The van der Waals surface area contributed by atoms with Gasteiger partial charge in [0.2, 0.25) is 0 Å². The Balaban J connectivity index is 2.63. The van der Waals surface area contributed by atoms with Gasteiger partial charge in [0.15, 0.2) is 0 Å². The number of rotatable bonds is 5. The molecule has 0 unspecified atom stereocenters. The van der Waals surface area contributed by atoms with Crippen molar-refractivity contribution in [1.82, 2.24) is 15.1 Å². The lowest BCUT2D eigenvalue weighted by Gasteiger charge is -2.24. The molecule has 0 bridgehead atoms. The number of nitrogens with zero attached hydrogens (tertiary/aromatic N) is 2. The number of hydrogen-bond donors (Lipinski definition) is 1. The molecule has 0 aliphatic heterocycles. The van der Waals surface area contributed by atoms with Crippen LogP contribution in [0.25, 0.3) is 0 Å². The molecule has 0 aliphatic rings. The summed E-state index contributed by atoms with van der Waals surface area (Å²) in [5.41, 5.74) is 2.71. The third-order valence-corrected chi connectivity index (χ3v) is 2.61. The lowest BCUT2D eigenvalue weighted by atomic mass is 9.87. The molecule has 0 fully saturated rings. The van der Waals surface area contributed by atoms with E-state index in [0.717, 1.165) is 25.2 Å². The maximum atomic E-state index is 4.37. The van der Waals surface area contributed by atoms with E-state index in [2.05, 4.69) is 37.3 Å². The topological polar surface area (TPSA) is 29.9 Å². The molecule has 1 rings (SSSR count). The highest BCUT2D eigenvalue weighted by atomic mass is 15.3. The summed E-state index contributed by atoms with van der Waals surface area (Å²) in [5, 5.41) is 7.78. The zero-order valence-corrected chi connectivity index (χ0v) is 10.6. The third kappa shape index (κ3) is 3.67. The molecular weight excluding hydrogens is 186 g/mol. The molecule has 0 radical (unpaired) electrons. The van der Waals surface area contributed by atoms with Crippen molar-refractivity contribution in [3.8, 4) is 0 Å². The van der Waals surface area contributed by atoms with Gasteiger partial charge in [-0.2, -0.15) is 5.10 Å². The van der Waals surface area contributed by atoms with E-state index in [1.807, 2.05) is 18.7 Å². The molecule has 0 atom stereocenters. The van der Waals surface area contributed by atoms with Gasteiger partial charge in [0.25, 0.3) is 0 Å². The minimum atomic E-state index is 0.288. The van der Waals surface area contributed by atoms with Gasteiger partial charge in [-0.1, -0.05) is 20.8 Å². The van der Waals surface area contributed by atoms with Gasteiger partial charge in [0.05, 0.1) is 5.69 Å². The number of hydrogen-bond acceptors (Lipinski definition) is 2. The molecule has 0 spiro atoms. The van der Waals surface area contributed by atoms with Crippen LogP contribution in [-0.2, 0) is 13.5 Å². The van der Waals surface area contributed by atoms with Crippen LogP contribution >= 0.6 is 0 Å². The van der Waals surface area contributed by atoms with Crippen LogP contribution in [-0.4, -0.2) is 22.9 Å². The van der Waals surface area contributed by atoms with Crippen LogP contribution in [0.3, 0.4) is 0 Å². The van der Waals surface area contributed by atoms with Crippen LogP contribution in [0, 0.1) is 12.3 Å². The van der Waals surface area contributed by atoms with E-state index >= 15 is 0 Å². The zero-order valence-electron chi connectivity index (χ0n) is 10.6. The molecule has 1 N–H and O–H groups in total. The summed E-state index contributed by atoms with van der Waals surface area (Å²) in [6.07, 6.45) is 1.07. The molecule has 15 heavy (non-hydrogen) atoms. The van der Waals surface area contributed by atoms with Gasteiger partial charge in [-0.05, 0) is 31.4 Å². The lowest BCUT2D eigenvalue weighted by molar-refractivity contribution is 0.333. The number of aromatic nitrogens is 2. The molecule has 3 nitrogen and oxygen atoms in total. The maximum absolute atomic E-state index is 4.37. The summed E-state index contributed by atoms with van der Waals surface area (Å²) in [4.78, 5) is 0. The van der Waals surface area contributed by atoms with Gasteiger partial charge in [0.1, 0.15) is 0 Å². The van der Waals surface area contributed by atoms with Crippen LogP contribution < -0.4 is 5.32 Å². The molecule has 1 heterocycles. The van der Waals surface area contributed by atoms with E-state index in [0.29, 0.717) is 0 Å². The number of aryl methyl sites for hydroxylation is 2. The summed E-state index contributed by atoms with van der Waals surface area (Å²) in [5.74, 6) is 0. The largest absolute Gasteiger partial charge is 0.316 e. The molecule has 86 valence electrons. The molecule has 0 aliphatic carbocycles. The minimum Gasteiger partial charge on any atom is -0.316 e. The van der Waals surface area contributed by atoms with Crippen LogP contribution in [0.4, 0.5) is 0 Å². The SMILES string of the molecule is CCNCC(C)(C)Cc1cc(C)nn1C. The Kier molecular flexibility index (Phi) is 3.91. The monoisotopic (exact) mass is 209 g/mol. The minimum absolute atomic E-state index is 0.288. The first-order chi connectivity index (χ1) is 6.94. The van der Waals surface area contributed by atoms with Crippen molar-refractivity contribution in [2.24, 2.45) is 12.5 Å². The van der Waals surface area contributed by atoms with Gasteiger partial charge in [-0.3, -0.25) is 4.68 Å². The van der Waals surface area contributed by atoms with Crippen molar-refractivity contribution >= 4 is 0 Å². The standard InChI is InChI=1S/C12H23N3/c1-6-13-9-12(3,4)8-11-7-10(2)14-15(11)5/h7,13H,6,8-9H2,1-5H3. The third-order valence-electron chi connectivity index (χ3n) is 2.61. The van der Waals surface area contributed by atoms with Crippen LogP contribution in [0.1, 0.15) is 32.2 Å². The summed E-state index contributed by atoms with van der Waals surface area (Å²) >= 11 is 0. The molecule has 1 aromatic rings. The Hall–Kier alpha value is -0.830. The van der Waals surface area contributed by atoms with Crippen molar-refractivity contribution in [3.63, 3.8) is 0 Å². The smallest absolute Gasteiger partial charge is 0.0596 e. The van der Waals surface area contributed by atoms with Gasteiger partial charge in [-0.15, -0.1) is 0 Å². The quantitative estimate of drug-likeness (QED) is 0.803. The second kappa shape index (κ2) is 4.79. The summed E-state index contributed by atoms with van der Waals surface area (Å²) < 4.78 is 1.99. The van der Waals surface area contributed by atoms with E-state index in [-0.39, 0.29) is 5.41 Å². The molecule has 0 aromatic carbocycles. The van der Waals surface area contributed by atoms with Gasteiger partial charge in [-0.25, -0.2) is 0 Å². The van der Waals surface area contributed by atoms with Crippen molar-refractivity contribution in [2.45, 2.75) is 34.1 Å². The maximum Gasteiger partial charge on any atom is 0.0596 e. The van der Waals surface area contributed by atoms with Crippen molar-refractivity contribution in [3.05, 3.63) is 17.5 Å². The predicted molar refractivity (Wildman–Crippen MR) is 64.0 cm³/mol. The molecular formula is C12H23N3. The van der Waals surface area contributed by atoms with Crippen LogP contribution in [0.2, 0.25) is 0 Å². The van der Waals surface area contributed by atoms with E-state index < -0.39 is 0 Å². The average Bonchev–Trinajstić information content (AvgIpc) is 2.41. The van der Waals surface area contributed by atoms with Crippen LogP contribution in [0.5, 0.6) is 0 Å². The highest BCUT2D eigenvalue weighted by molar-refractivity contribution is 5.10. The van der Waals surface area contributed by atoms with E-state index in [9.17, 15) is 0 Å². The van der Waals surface area contributed by atoms with E-state index in [1.165, 1.54) is 5.69 Å². The molecule has 1 aromatic heterocycles. The fourth-order valence-electron chi connectivity index (χ4n) is 1.85. The molecule has 0 saturated carbocycles. The first-order valence-electron chi connectivity index (χ1n) is 5.65.